The zero-order valence-corrected chi connectivity index (χ0v) is 30.7. The molecule has 38 heavy (non-hydrogen) atoms. The molecule has 2 aromatic carbocycles. The third-order valence-electron chi connectivity index (χ3n) is 4.66. The van der Waals surface area contributed by atoms with Crippen LogP contribution in [-0.2, 0) is 97.7 Å². The summed E-state index contributed by atoms with van der Waals surface area (Å²) >= 11 is 0. The number of ether oxygens (including phenoxy) is 2. The molecule has 2 aromatic rings. The quantitative estimate of drug-likeness (QED) is 0.144. The van der Waals surface area contributed by atoms with Crippen molar-refractivity contribution >= 4 is 11.9 Å². The van der Waals surface area contributed by atoms with Gasteiger partial charge in [0.25, 0.3) is 0 Å². The van der Waals surface area contributed by atoms with Gasteiger partial charge < -0.3 is 22.3 Å². The molecule has 0 aromatic heterocycles. The van der Waals surface area contributed by atoms with Crippen LogP contribution in [0.2, 0.25) is 0 Å². The van der Waals surface area contributed by atoms with Crippen molar-refractivity contribution in [2.75, 3.05) is 0 Å². The van der Waals surface area contributed by atoms with Gasteiger partial charge in [0, 0.05) is 79.3 Å². The molecule has 0 aliphatic rings. The Kier molecular flexibility index (Phi) is 38.5. The minimum Gasteiger partial charge on any atom is -0.474 e. The molecule has 2 rings (SSSR count). The summed E-state index contributed by atoms with van der Waals surface area (Å²) < 4.78 is 9.66. The summed E-state index contributed by atoms with van der Waals surface area (Å²) in [5, 5.41) is 0. The van der Waals surface area contributed by atoms with Crippen LogP contribution in [0.15, 0.2) is 36.4 Å². The van der Waals surface area contributed by atoms with Crippen LogP contribution >= 0.6 is 0 Å². The van der Waals surface area contributed by atoms with Gasteiger partial charge in [-0.25, -0.2) is 0 Å². The Hall–Kier alpha value is -0.412. The molecule has 0 bridgehead atoms. The van der Waals surface area contributed by atoms with E-state index in [1.54, 1.807) is 0 Å². The van der Waals surface area contributed by atoms with E-state index in [0.717, 1.165) is 22.3 Å². The van der Waals surface area contributed by atoms with Crippen LogP contribution in [0.25, 0.3) is 0 Å². The Morgan fingerprint density at radius 1 is 0.789 bits per heavy atom. The van der Waals surface area contributed by atoms with Crippen molar-refractivity contribution in [1.29, 1.82) is 0 Å². The van der Waals surface area contributed by atoms with E-state index >= 15 is 0 Å². The smallest absolute Gasteiger partial charge is 0.301 e. The Morgan fingerprint density at radius 2 is 1.32 bits per heavy atom. The van der Waals surface area contributed by atoms with Crippen LogP contribution in [0, 0.1) is 38.8 Å². The molecule has 0 fully saturated rings. The summed E-state index contributed by atoms with van der Waals surface area (Å²) in [7, 11) is 0. The standard InChI is InChI=1S/2C10H11O2.2C6H13.2Y/c1-8-3-5-10(6-4-8)7-12-9(2)11;1-8-5-3-4-6-10(8)7-12-9(2)11;2*1-3-5-6-4-2;;/h2*3,5-6H,7H2,1-2H3;2*5H,3-4,6H2,1-2H3;;/q4*-1;;. The molecule has 4 nitrogen and oxygen atoms in total. The summed E-state index contributed by atoms with van der Waals surface area (Å²) in [6, 6.07) is 17.3. The average molecular weight is 675 g/mol. The van der Waals surface area contributed by atoms with Gasteiger partial charge in [0.1, 0.15) is 0 Å². The molecule has 0 aliphatic heterocycles. The maximum absolute atomic E-state index is 10.5. The Labute approximate surface area is 284 Å². The van der Waals surface area contributed by atoms with E-state index in [1.807, 2.05) is 50.2 Å². The van der Waals surface area contributed by atoms with Crippen molar-refractivity contribution in [3.05, 3.63) is 83.6 Å². The van der Waals surface area contributed by atoms with E-state index in [9.17, 15) is 9.59 Å². The Bertz CT molecular complexity index is 776. The van der Waals surface area contributed by atoms with E-state index in [2.05, 4.69) is 52.7 Å². The Morgan fingerprint density at radius 3 is 1.68 bits per heavy atom. The first-order chi connectivity index (χ1) is 17.2. The van der Waals surface area contributed by atoms with E-state index in [-0.39, 0.29) is 77.4 Å². The van der Waals surface area contributed by atoms with Gasteiger partial charge >= 0.3 is 11.9 Å². The van der Waals surface area contributed by atoms with Crippen molar-refractivity contribution in [2.45, 2.75) is 107 Å². The number of esters is 2. The number of aryl methyl sites for hydroxylation is 2. The fraction of sp³-hybridized carbons (Fsp3) is 0.500. The first kappa shape index (κ1) is 44.6. The summed E-state index contributed by atoms with van der Waals surface area (Å²) in [6.45, 7) is 16.2. The molecule has 0 amide bonds. The fourth-order valence-corrected chi connectivity index (χ4v) is 2.50. The molecule has 0 heterocycles. The number of hydrogen-bond acceptors (Lipinski definition) is 4. The molecule has 0 N–H and O–H groups in total. The zero-order valence-electron chi connectivity index (χ0n) is 25.1. The van der Waals surface area contributed by atoms with Crippen molar-refractivity contribution in [3.8, 4) is 0 Å². The Balaban J connectivity index is -0.000000210. The van der Waals surface area contributed by atoms with Gasteiger partial charge in [0.15, 0.2) is 0 Å². The third kappa shape index (κ3) is 31.8. The predicted molar refractivity (Wildman–Crippen MR) is 150 cm³/mol. The molecule has 0 atom stereocenters. The first-order valence-electron chi connectivity index (χ1n) is 13.0. The minimum absolute atomic E-state index is 0. The maximum atomic E-state index is 10.5. The van der Waals surface area contributed by atoms with Crippen molar-refractivity contribution in [1.82, 2.24) is 0 Å². The van der Waals surface area contributed by atoms with Gasteiger partial charge in [-0.3, -0.25) is 9.59 Å². The second-order valence-electron chi connectivity index (χ2n) is 8.26. The van der Waals surface area contributed by atoms with Gasteiger partial charge in [-0.1, -0.05) is 54.4 Å². The number of carbonyl (C=O) groups is 2. The minimum atomic E-state index is -0.254. The van der Waals surface area contributed by atoms with E-state index in [1.165, 1.54) is 52.4 Å². The van der Waals surface area contributed by atoms with E-state index < -0.39 is 0 Å². The zero-order chi connectivity index (χ0) is 27.6. The number of hydrogen-bond donors (Lipinski definition) is 0. The van der Waals surface area contributed by atoms with Crippen LogP contribution in [0.5, 0.6) is 0 Å². The molecule has 210 valence electrons. The summed E-state index contributed by atoms with van der Waals surface area (Å²) in [5.74, 6) is -0.506. The fourth-order valence-electron chi connectivity index (χ4n) is 2.50. The van der Waals surface area contributed by atoms with Gasteiger partial charge in [0.05, 0.1) is 13.2 Å². The number of carbonyl (C=O) groups excluding carboxylic acids is 2. The first-order valence-corrected chi connectivity index (χ1v) is 13.0. The van der Waals surface area contributed by atoms with Crippen LogP contribution in [0.4, 0.5) is 0 Å². The van der Waals surface area contributed by atoms with E-state index in [4.69, 9.17) is 9.47 Å². The number of unbranched alkanes of at least 4 members (excludes halogenated alkanes) is 6. The summed E-state index contributed by atoms with van der Waals surface area (Å²) in [6.07, 6.45) is 12.2. The summed E-state index contributed by atoms with van der Waals surface area (Å²) in [5.41, 5.74) is 4.18. The molecule has 0 aliphatic carbocycles. The topological polar surface area (TPSA) is 52.6 Å². The molecule has 0 saturated heterocycles. The monoisotopic (exact) mass is 674 g/mol. The number of rotatable bonds is 10. The average Bonchev–Trinajstić information content (AvgIpc) is 2.86. The van der Waals surface area contributed by atoms with Crippen LogP contribution < -0.4 is 0 Å². The molecule has 0 saturated carbocycles. The molecule has 0 unspecified atom stereocenters. The van der Waals surface area contributed by atoms with Crippen molar-refractivity contribution in [2.24, 2.45) is 0 Å². The predicted octanol–water partition coefficient (Wildman–Crippen LogP) is 8.51. The van der Waals surface area contributed by atoms with Gasteiger partial charge in [0.2, 0.25) is 0 Å². The van der Waals surface area contributed by atoms with Crippen LogP contribution in [0.3, 0.4) is 0 Å². The largest absolute Gasteiger partial charge is 0.474 e. The van der Waals surface area contributed by atoms with Crippen LogP contribution in [0.1, 0.15) is 102 Å². The maximum Gasteiger partial charge on any atom is 0.301 e. The summed E-state index contributed by atoms with van der Waals surface area (Å²) in [4.78, 5) is 20.9. The van der Waals surface area contributed by atoms with Gasteiger partial charge in [-0.15, -0.1) is 11.1 Å². The van der Waals surface area contributed by atoms with E-state index in [0.29, 0.717) is 13.2 Å². The van der Waals surface area contributed by atoms with Crippen LogP contribution in [-0.4, -0.2) is 11.9 Å². The van der Waals surface area contributed by atoms with Gasteiger partial charge in [-0.05, 0) is 0 Å². The molecule has 2 radical (unpaired) electrons. The number of benzene rings is 2. The molecule has 0 spiro atoms. The van der Waals surface area contributed by atoms with Gasteiger partial charge in [-0.2, -0.15) is 85.3 Å². The SMILES string of the molecule is CC(=O)OCc1c[c-]c(C)cc1.CC(=O)OCc1c[c-]ccc1C.CC[CH-]CCC.CC[CH-]CCC.[Y].[Y]. The molecular formula is C32H48O4Y2-4. The molecular weight excluding hydrogens is 626 g/mol. The second kappa shape index (κ2) is 32.8. The van der Waals surface area contributed by atoms with Crippen molar-refractivity contribution < 1.29 is 84.5 Å². The normalized spacial score (nSPS) is 8.84. The second-order valence-corrected chi connectivity index (χ2v) is 8.26. The van der Waals surface area contributed by atoms with Crippen molar-refractivity contribution in [3.63, 3.8) is 0 Å². The molecule has 6 heteroatoms. The third-order valence-corrected chi connectivity index (χ3v) is 4.66.